The summed E-state index contributed by atoms with van der Waals surface area (Å²) in [5.74, 6) is -0.401. The maximum Gasteiger partial charge on any atom is 0.242 e. The van der Waals surface area contributed by atoms with Crippen molar-refractivity contribution in [2.75, 3.05) is 30.2 Å². The van der Waals surface area contributed by atoms with E-state index < -0.39 is 16.1 Å². The van der Waals surface area contributed by atoms with Gasteiger partial charge in [-0.15, -0.1) is 0 Å². The number of benzene rings is 2. The number of likely N-dealkylation sites (N-methyl/N-ethyl adjacent to an activating group) is 1. The first-order chi connectivity index (χ1) is 16.0. The zero-order chi connectivity index (χ0) is 25.3. The molecule has 0 aliphatic carbocycles. The van der Waals surface area contributed by atoms with E-state index >= 15 is 0 Å². The molecule has 0 heterocycles. The third kappa shape index (κ3) is 8.02. The SMILES string of the molecule is CCNC(=O)C(C)N(CCc1ccccc1)C(=O)CCCN(c1cc(Cl)ccc1C)S(C)(=O)=O. The third-order valence-electron chi connectivity index (χ3n) is 5.59. The average molecular weight is 508 g/mol. The normalized spacial score (nSPS) is 12.1. The lowest BCUT2D eigenvalue weighted by Gasteiger charge is -2.29. The van der Waals surface area contributed by atoms with Gasteiger partial charge in [-0.2, -0.15) is 0 Å². The number of nitrogens with one attached hydrogen (secondary N) is 1. The van der Waals surface area contributed by atoms with E-state index in [9.17, 15) is 18.0 Å². The summed E-state index contributed by atoms with van der Waals surface area (Å²) in [6.07, 6.45) is 2.18. The van der Waals surface area contributed by atoms with Crippen molar-refractivity contribution in [3.8, 4) is 0 Å². The number of carbonyl (C=O) groups excluding carboxylic acids is 2. The van der Waals surface area contributed by atoms with Crippen molar-refractivity contribution >= 4 is 39.1 Å². The van der Waals surface area contributed by atoms with Crippen molar-refractivity contribution in [2.24, 2.45) is 0 Å². The van der Waals surface area contributed by atoms with Gasteiger partial charge in [-0.3, -0.25) is 13.9 Å². The van der Waals surface area contributed by atoms with Gasteiger partial charge in [0.1, 0.15) is 6.04 Å². The topological polar surface area (TPSA) is 86.8 Å². The standard InChI is InChI=1S/C25H34ClN3O4S/c1-5-27-25(31)20(3)28(17-15-21-10-7-6-8-11-21)24(30)12-9-16-29(34(4,32)33)23-18-22(26)14-13-19(23)2/h6-8,10-11,13-14,18,20H,5,9,12,15-17H2,1-4H3,(H,27,31). The summed E-state index contributed by atoms with van der Waals surface area (Å²) in [5.41, 5.74) is 2.35. The van der Waals surface area contributed by atoms with Crippen LogP contribution in [-0.2, 0) is 26.0 Å². The predicted molar refractivity (Wildman–Crippen MR) is 138 cm³/mol. The fourth-order valence-corrected chi connectivity index (χ4v) is 4.91. The fraction of sp³-hybridized carbons (Fsp3) is 0.440. The highest BCUT2D eigenvalue weighted by Crippen LogP contribution is 2.26. The van der Waals surface area contributed by atoms with Crippen molar-refractivity contribution < 1.29 is 18.0 Å². The van der Waals surface area contributed by atoms with Crippen LogP contribution in [0.25, 0.3) is 0 Å². The Morgan fingerprint density at radius 2 is 1.76 bits per heavy atom. The number of hydrogen-bond donors (Lipinski definition) is 1. The summed E-state index contributed by atoms with van der Waals surface area (Å²) in [6.45, 7) is 6.36. The van der Waals surface area contributed by atoms with Crippen molar-refractivity contribution in [3.63, 3.8) is 0 Å². The lowest BCUT2D eigenvalue weighted by Crippen LogP contribution is -2.48. The van der Waals surface area contributed by atoms with Gasteiger partial charge in [-0.1, -0.05) is 48.0 Å². The number of carbonyl (C=O) groups is 2. The highest BCUT2D eigenvalue weighted by atomic mass is 35.5. The smallest absolute Gasteiger partial charge is 0.242 e. The van der Waals surface area contributed by atoms with Crippen LogP contribution in [0.5, 0.6) is 0 Å². The number of aryl methyl sites for hydroxylation is 1. The molecule has 0 aliphatic heterocycles. The molecule has 2 amide bonds. The first-order valence-corrected chi connectivity index (χ1v) is 13.6. The van der Waals surface area contributed by atoms with Gasteiger partial charge in [0.15, 0.2) is 0 Å². The predicted octanol–water partition coefficient (Wildman–Crippen LogP) is 3.79. The van der Waals surface area contributed by atoms with Crippen LogP contribution in [-0.4, -0.2) is 57.1 Å². The molecule has 1 N–H and O–H groups in total. The van der Waals surface area contributed by atoms with E-state index in [1.165, 1.54) is 4.31 Å². The van der Waals surface area contributed by atoms with Gasteiger partial charge in [-0.25, -0.2) is 8.42 Å². The molecule has 186 valence electrons. The highest BCUT2D eigenvalue weighted by Gasteiger charge is 2.26. The molecule has 0 saturated carbocycles. The fourth-order valence-electron chi connectivity index (χ4n) is 3.73. The molecular formula is C25H34ClN3O4S. The minimum absolute atomic E-state index is 0.115. The Morgan fingerprint density at radius 1 is 1.09 bits per heavy atom. The van der Waals surface area contributed by atoms with Gasteiger partial charge >= 0.3 is 0 Å². The second-order valence-corrected chi connectivity index (χ2v) is 10.6. The Morgan fingerprint density at radius 3 is 2.38 bits per heavy atom. The molecule has 0 radical (unpaired) electrons. The average Bonchev–Trinajstić information content (AvgIpc) is 2.78. The molecule has 2 rings (SSSR count). The van der Waals surface area contributed by atoms with Crippen molar-refractivity contribution in [3.05, 3.63) is 64.7 Å². The number of sulfonamides is 1. The van der Waals surface area contributed by atoms with Gasteiger partial charge < -0.3 is 10.2 Å². The van der Waals surface area contributed by atoms with Gasteiger partial charge in [0.2, 0.25) is 21.8 Å². The minimum atomic E-state index is -3.57. The number of amides is 2. The number of halogens is 1. The largest absolute Gasteiger partial charge is 0.355 e. The van der Waals surface area contributed by atoms with E-state index in [-0.39, 0.29) is 24.8 Å². The van der Waals surface area contributed by atoms with Crippen molar-refractivity contribution in [1.29, 1.82) is 0 Å². The Balaban J connectivity index is 2.12. The molecule has 1 atom stereocenters. The van der Waals surface area contributed by atoms with E-state index in [0.29, 0.717) is 36.6 Å². The summed E-state index contributed by atoms with van der Waals surface area (Å²) >= 11 is 6.09. The zero-order valence-electron chi connectivity index (χ0n) is 20.3. The Hall–Kier alpha value is -2.58. The molecule has 2 aromatic rings. The van der Waals surface area contributed by atoms with E-state index in [4.69, 9.17) is 11.6 Å². The summed E-state index contributed by atoms with van der Waals surface area (Å²) in [4.78, 5) is 27.2. The number of anilines is 1. The van der Waals surface area contributed by atoms with Crippen LogP contribution in [0.3, 0.4) is 0 Å². The van der Waals surface area contributed by atoms with E-state index in [1.54, 1.807) is 30.0 Å². The van der Waals surface area contributed by atoms with Gasteiger partial charge in [0.25, 0.3) is 0 Å². The van der Waals surface area contributed by atoms with Crippen LogP contribution in [0.2, 0.25) is 5.02 Å². The summed E-state index contributed by atoms with van der Waals surface area (Å²) < 4.78 is 26.2. The summed E-state index contributed by atoms with van der Waals surface area (Å²) in [7, 11) is -3.57. The first kappa shape index (κ1) is 27.7. The Kier molecular flexibility index (Phi) is 10.4. The first-order valence-electron chi connectivity index (χ1n) is 11.4. The number of nitrogens with zero attached hydrogens (tertiary/aromatic N) is 2. The molecule has 0 bridgehead atoms. The molecule has 0 saturated heterocycles. The van der Waals surface area contributed by atoms with Crippen LogP contribution in [0.15, 0.2) is 48.5 Å². The molecule has 0 aliphatic rings. The van der Waals surface area contributed by atoms with E-state index in [0.717, 1.165) is 17.4 Å². The highest BCUT2D eigenvalue weighted by molar-refractivity contribution is 7.92. The van der Waals surface area contributed by atoms with Crippen LogP contribution in [0, 0.1) is 6.92 Å². The quantitative estimate of drug-likeness (QED) is 0.473. The maximum absolute atomic E-state index is 13.2. The molecule has 7 nitrogen and oxygen atoms in total. The third-order valence-corrected chi connectivity index (χ3v) is 7.01. The second kappa shape index (κ2) is 12.8. The molecule has 0 fully saturated rings. The van der Waals surface area contributed by atoms with E-state index in [1.807, 2.05) is 44.2 Å². The second-order valence-electron chi connectivity index (χ2n) is 8.26. The van der Waals surface area contributed by atoms with Crippen molar-refractivity contribution in [2.45, 2.75) is 46.1 Å². The molecule has 2 aromatic carbocycles. The van der Waals surface area contributed by atoms with Gasteiger partial charge in [0.05, 0.1) is 11.9 Å². The monoisotopic (exact) mass is 507 g/mol. The van der Waals surface area contributed by atoms with Crippen LogP contribution in [0.4, 0.5) is 5.69 Å². The number of rotatable bonds is 12. The zero-order valence-corrected chi connectivity index (χ0v) is 21.8. The molecule has 0 spiro atoms. The van der Waals surface area contributed by atoms with Crippen LogP contribution < -0.4 is 9.62 Å². The maximum atomic E-state index is 13.2. The molecule has 34 heavy (non-hydrogen) atoms. The van der Waals surface area contributed by atoms with Crippen molar-refractivity contribution in [1.82, 2.24) is 10.2 Å². The summed E-state index contributed by atoms with van der Waals surface area (Å²) in [6, 6.07) is 14.2. The Bertz CT molecular complexity index is 1080. The van der Waals surface area contributed by atoms with E-state index in [2.05, 4.69) is 5.32 Å². The number of hydrogen-bond acceptors (Lipinski definition) is 4. The van der Waals surface area contributed by atoms with Crippen LogP contribution >= 0.6 is 11.6 Å². The molecule has 0 aromatic heterocycles. The summed E-state index contributed by atoms with van der Waals surface area (Å²) in [5, 5.41) is 3.21. The minimum Gasteiger partial charge on any atom is -0.355 e. The lowest BCUT2D eigenvalue weighted by molar-refractivity contribution is -0.139. The molecule has 1 unspecified atom stereocenters. The Labute approximate surface area is 208 Å². The van der Waals surface area contributed by atoms with Crippen LogP contribution in [0.1, 0.15) is 37.8 Å². The van der Waals surface area contributed by atoms with Gasteiger partial charge in [-0.05, 0) is 56.9 Å². The molecule has 9 heteroatoms. The van der Waals surface area contributed by atoms with Gasteiger partial charge in [0, 0.05) is 31.1 Å². The lowest BCUT2D eigenvalue weighted by atomic mass is 10.1. The molecular weight excluding hydrogens is 474 g/mol.